The summed E-state index contributed by atoms with van der Waals surface area (Å²) in [6.45, 7) is 5.34. The Hall–Kier alpha value is -1.68. The molecule has 0 unspecified atom stereocenters. The normalized spacial score (nSPS) is 32.4. The van der Waals surface area contributed by atoms with Crippen LogP contribution in [0.15, 0.2) is 49.1 Å². The highest BCUT2D eigenvalue weighted by atomic mass is 19.3. The summed E-state index contributed by atoms with van der Waals surface area (Å²) in [6, 6.07) is 7.29. The predicted molar refractivity (Wildman–Crippen MR) is 139 cm³/mol. The minimum Gasteiger partial charge on any atom is -0.431 e. The molecule has 0 radical (unpaired) electrons. The molecule has 194 valence electrons. The van der Waals surface area contributed by atoms with E-state index in [1.807, 2.05) is 12.1 Å². The maximum absolute atomic E-state index is 14.5. The van der Waals surface area contributed by atoms with Crippen LogP contribution >= 0.6 is 0 Å². The van der Waals surface area contributed by atoms with Crippen LogP contribution in [0.25, 0.3) is 0 Å². The highest BCUT2D eigenvalue weighted by Gasteiger charge is 2.36. The van der Waals surface area contributed by atoms with Crippen molar-refractivity contribution in [2.75, 3.05) is 6.61 Å². The third-order valence-electron chi connectivity index (χ3n) is 8.88. The van der Waals surface area contributed by atoms with Gasteiger partial charge in [0.25, 0.3) is 0 Å². The molecule has 0 atom stereocenters. The molecule has 3 aliphatic carbocycles. The molecular formula is C31H44F2O2. The molecule has 4 heteroatoms. The number of ether oxygens (including phenoxy) is 2. The zero-order valence-corrected chi connectivity index (χ0v) is 21.5. The van der Waals surface area contributed by atoms with Crippen LogP contribution in [-0.4, -0.2) is 18.8 Å². The van der Waals surface area contributed by atoms with Gasteiger partial charge in [0.15, 0.2) is 6.61 Å². The van der Waals surface area contributed by atoms with E-state index in [0.29, 0.717) is 17.8 Å². The molecule has 1 aromatic rings. The first kappa shape index (κ1) is 26.4. The Kier molecular flexibility index (Phi) is 9.44. The summed E-state index contributed by atoms with van der Waals surface area (Å²) in [5, 5.41) is 0. The van der Waals surface area contributed by atoms with Crippen LogP contribution in [0.3, 0.4) is 0 Å². The summed E-state index contributed by atoms with van der Waals surface area (Å²) in [4.78, 5) is 0. The first-order valence-corrected chi connectivity index (χ1v) is 14.0. The Morgan fingerprint density at radius 2 is 1.40 bits per heavy atom. The maximum Gasteiger partial charge on any atom is 0.421 e. The molecule has 0 N–H and O–H groups in total. The standard InChI is InChI=1S/C31H44F2O2/c1-3-5-24-8-12-26(13-9-24)28-16-20-30(21-17-28)35-31(32,33)22-34-29-18-14-27(15-19-29)25-10-6-23(4-2)7-11-25/h3-5,16-17,20-21,23-27,29H,2,6-15,18-19,22H2,1H3. The van der Waals surface area contributed by atoms with Crippen LogP contribution in [0, 0.1) is 23.7 Å². The van der Waals surface area contributed by atoms with Gasteiger partial charge >= 0.3 is 6.11 Å². The van der Waals surface area contributed by atoms with Crippen molar-refractivity contribution in [3.8, 4) is 5.75 Å². The zero-order chi connectivity index (χ0) is 24.7. The lowest BCUT2D eigenvalue weighted by Gasteiger charge is -2.37. The third-order valence-corrected chi connectivity index (χ3v) is 8.88. The van der Waals surface area contributed by atoms with Gasteiger partial charge in [-0.25, -0.2) is 0 Å². The first-order valence-electron chi connectivity index (χ1n) is 14.0. The van der Waals surface area contributed by atoms with Crippen molar-refractivity contribution >= 4 is 0 Å². The first-order chi connectivity index (χ1) is 17.0. The van der Waals surface area contributed by atoms with Crippen molar-refractivity contribution in [3.63, 3.8) is 0 Å². The second-order valence-corrected chi connectivity index (χ2v) is 11.2. The molecule has 3 saturated carbocycles. The molecule has 2 nitrogen and oxygen atoms in total. The summed E-state index contributed by atoms with van der Waals surface area (Å²) in [5.41, 5.74) is 1.23. The Morgan fingerprint density at radius 3 is 1.97 bits per heavy atom. The van der Waals surface area contributed by atoms with E-state index >= 15 is 0 Å². The molecule has 0 amide bonds. The smallest absolute Gasteiger partial charge is 0.421 e. The lowest BCUT2D eigenvalue weighted by atomic mass is 9.70. The molecule has 0 spiro atoms. The molecule has 0 heterocycles. The van der Waals surface area contributed by atoms with Gasteiger partial charge in [0.1, 0.15) is 5.75 Å². The number of allylic oxidation sites excluding steroid dienone is 3. The lowest BCUT2D eigenvalue weighted by molar-refractivity contribution is -0.222. The van der Waals surface area contributed by atoms with Crippen LogP contribution < -0.4 is 4.74 Å². The molecule has 3 aliphatic rings. The van der Waals surface area contributed by atoms with Crippen molar-refractivity contribution in [2.24, 2.45) is 23.7 Å². The summed E-state index contributed by atoms with van der Waals surface area (Å²) >= 11 is 0. The fourth-order valence-corrected chi connectivity index (χ4v) is 6.72. The van der Waals surface area contributed by atoms with E-state index in [0.717, 1.165) is 50.4 Å². The largest absolute Gasteiger partial charge is 0.431 e. The minimum atomic E-state index is -3.31. The van der Waals surface area contributed by atoms with Gasteiger partial charge < -0.3 is 9.47 Å². The van der Waals surface area contributed by atoms with Crippen LogP contribution in [0.1, 0.15) is 95.5 Å². The van der Waals surface area contributed by atoms with Gasteiger partial charge in [-0.15, -0.1) is 6.58 Å². The molecule has 0 saturated heterocycles. The fourth-order valence-electron chi connectivity index (χ4n) is 6.72. The fraction of sp³-hybridized carbons (Fsp3) is 0.677. The van der Waals surface area contributed by atoms with E-state index in [9.17, 15) is 8.78 Å². The van der Waals surface area contributed by atoms with E-state index in [2.05, 4.69) is 31.7 Å². The number of benzene rings is 1. The Morgan fingerprint density at radius 1 is 0.829 bits per heavy atom. The SMILES string of the molecule is C=CC1CCC(C2CCC(OCC(F)(F)Oc3ccc(C4CCC(C=CC)CC4)cc3)CC2)CC1. The second kappa shape index (κ2) is 12.5. The molecule has 1 aromatic carbocycles. The van der Waals surface area contributed by atoms with E-state index in [1.165, 1.54) is 44.1 Å². The number of hydrogen-bond donors (Lipinski definition) is 0. The Balaban J connectivity index is 1.17. The average molecular weight is 487 g/mol. The molecule has 0 bridgehead atoms. The van der Waals surface area contributed by atoms with Crippen molar-refractivity contribution in [3.05, 3.63) is 54.6 Å². The maximum atomic E-state index is 14.5. The quantitative estimate of drug-likeness (QED) is 0.324. The van der Waals surface area contributed by atoms with E-state index < -0.39 is 12.7 Å². The Labute approximate surface area is 211 Å². The van der Waals surface area contributed by atoms with Gasteiger partial charge in [0, 0.05) is 0 Å². The number of rotatable bonds is 9. The zero-order valence-electron chi connectivity index (χ0n) is 21.5. The second-order valence-electron chi connectivity index (χ2n) is 11.2. The van der Waals surface area contributed by atoms with Gasteiger partial charge in [-0.05, 0) is 131 Å². The van der Waals surface area contributed by atoms with Crippen molar-refractivity contribution < 1.29 is 18.3 Å². The predicted octanol–water partition coefficient (Wildman–Crippen LogP) is 9.08. The highest BCUT2D eigenvalue weighted by Crippen LogP contribution is 2.41. The van der Waals surface area contributed by atoms with Gasteiger partial charge in [-0.1, -0.05) is 30.4 Å². The summed E-state index contributed by atoms with van der Waals surface area (Å²) < 4.78 is 39.7. The van der Waals surface area contributed by atoms with Crippen LogP contribution in [0.5, 0.6) is 5.75 Å². The average Bonchev–Trinajstić information content (AvgIpc) is 2.89. The number of alkyl halides is 2. The van der Waals surface area contributed by atoms with Gasteiger partial charge in [-0.3, -0.25) is 0 Å². The lowest BCUT2D eigenvalue weighted by Crippen LogP contribution is -2.35. The molecule has 4 rings (SSSR count). The molecular weight excluding hydrogens is 442 g/mol. The van der Waals surface area contributed by atoms with Crippen LogP contribution in [0.2, 0.25) is 0 Å². The van der Waals surface area contributed by atoms with Crippen LogP contribution in [-0.2, 0) is 4.74 Å². The van der Waals surface area contributed by atoms with Crippen molar-refractivity contribution in [2.45, 2.75) is 102 Å². The van der Waals surface area contributed by atoms with E-state index in [-0.39, 0.29) is 11.9 Å². The van der Waals surface area contributed by atoms with E-state index in [1.54, 1.807) is 12.1 Å². The van der Waals surface area contributed by atoms with Gasteiger partial charge in [0.05, 0.1) is 6.10 Å². The van der Waals surface area contributed by atoms with Crippen LogP contribution in [0.4, 0.5) is 8.78 Å². The molecule has 35 heavy (non-hydrogen) atoms. The molecule has 3 fully saturated rings. The van der Waals surface area contributed by atoms with E-state index in [4.69, 9.17) is 9.47 Å². The third kappa shape index (κ3) is 7.65. The van der Waals surface area contributed by atoms with Gasteiger partial charge in [-0.2, -0.15) is 8.78 Å². The summed E-state index contributed by atoms with van der Waals surface area (Å²) in [5.74, 6) is 3.63. The topological polar surface area (TPSA) is 18.5 Å². The number of halogens is 2. The summed E-state index contributed by atoms with van der Waals surface area (Å²) in [7, 11) is 0. The van der Waals surface area contributed by atoms with Crippen molar-refractivity contribution in [1.82, 2.24) is 0 Å². The van der Waals surface area contributed by atoms with Crippen molar-refractivity contribution in [1.29, 1.82) is 0 Å². The monoisotopic (exact) mass is 486 g/mol. The Bertz CT molecular complexity index is 794. The summed E-state index contributed by atoms with van der Waals surface area (Å²) in [6.07, 6.45) is 16.9. The molecule has 0 aromatic heterocycles. The minimum absolute atomic E-state index is 0.0784. The highest BCUT2D eigenvalue weighted by molar-refractivity contribution is 5.30. The number of hydrogen-bond acceptors (Lipinski definition) is 2. The van der Waals surface area contributed by atoms with Gasteiger partial charge in [0.2, 0.25) is 0 Å². The molecule has 0 aliphatic heterocycles.